The van der Waals surface area contributed by atoms with Crippen LogP contribution in [0.5, 0.6) is 0 Å². The highest BCUT2D eigenvalue weighted by atomic mass is 16.6. The minimum Gasteiger partial charge on any atom is -0.411 e. The molecule has 0 fully saturated rings. The predicted octanol–water partition coefficient (Wildman–Crippen LogP) is 1.99. The lowest BCUT2D eigenvalue weighted by molar-refractivity contribution is -0.385. The Morgan fingerprint density at radius 1 is 1.57 bits per heavy atom. The minimum absolute atomic E-state index is 0.0514. The molecule has 5 heteroatoms. The van der Waals surface area contributed by atoms with Crippen LogP contribution < -0.4 is 0 Å². The van der Waals surface area contributed by atoms with E-state index in [1.807, 2.05) is 0 Å². The number of para-hydroxylation sites is 1. The number of oxime groups is 1. The molecule has 0 bridgehead atoms. The van der Waals surface area contributed by atoms with Gasteiger partial charge in [0.1, 0.15) is 0 Å². The Balaban J connectivity index is 3.02. The van der Waals surface area contributed by atoms with E-state index in [1.54, 1.807) is 25.1 Å². The van der Waals surface area contributed by atoms with Gasteiger partial charge in [-0.15, -0.1) is 0 Å². The Bertz CT molecular complexity index is 374. The summed E-state index contributed by atoms with van der Waals surface area (Å²) >= 11 is 0. The molecule has 1 aromatic carbocycles. The second-order valence-corrected chi connectivity index (χ2v) is 2.90. The van der Waals surface area contributed by atoms with Crippen LogP contribution in [-0.4, -0.2) is 15.8 Å². The molecule has 1 N–H and O–H groups in total. The largest absolute Gasteiger partial charge is 0.411 e. The van der Waals surface area contributed by atoms with E-state index >= 15 is 0 Å². The van der Waals surface area contributed by atoms with Crippen molar-refractivity contribution in [3.05, 3.63) is 39.9 Å². The smallest absolute Gasteiger partial charge is 0.272 e. The molecule has 0 amide bonds. The van der Waals surface area contributed by atoms with Gasteiger partial charge >= 0.3 is 0 Å². The SMILES string of the molecule is C/C(Cc1ccccc1[N+](=O)[O-])=N/O. The summed E-state index contributed by atoms with van der Waals surface area (Å²) in [5.41, 5.74) is 1.04. The van der Waals surface area contributed by atoms with Crippen LogP contribution in [0.2, 0.25) is 0 Å². The summed E-state index contributed by atoms with van der Waals surface area (Å²) in [5.74, 6) is 0. The number of benzene rings is 1. The fourth-order valence-electron chi connectivity index (χ4n) is 1.15. The Kier molecular flexibility index (Phi) is 3.17. The molecular weight excluding hydrogens is 184 g/mol. The van der Waals surface area contributed by atoms with Gasteiger partial charge in [0.2, 0.25) is 0 Å². The average molecular weight is 194 g/mol. The number of rotatable bonds is 3. The number of nitro groups is 1. The normalized spacial score (nSPS) is 11.4. The number of nitrogens with zero attached hydrogens (tertiary/aromatic N) is 2. The highest BCUT2D eigenvalue weighted by molar-refractivity contribution is 5.84. The van der Waals surface area contributed by atoms with E-state index < -0.39 is 4.92 Å². The van der Waals surface area contributed by atoms with Crippen LogP contribution in [0.3, 0.4) is 0 Å². The molecule has 0 spiro atoms. The van der Waals surface area contributed by atoms with Crippen LogP contribution in [0.25, 0.3) is 0 Å². The van der Waals surface area contributed by atoms with Crippen LogP contribution >= 0.6 is 0 Å². The number of hydrogen-bond donors (Lipinski definition) is 1. The molecule has 0 atom stereocenters. The zero-order valence-electron chi connectivity index (χ0n) is 7.67. The third kappa shape index (κ3) is 2.29. The van der Waals surface area contributed by atoms with E-state index in [0.29, 0.717) is 11.3 Å². The second kappa shape index (κ2) is 4.36. The van der Waals surface area contributed by atoms with Gasteiger partial charge in [0, 0.05) is 18.1 Å². The molecule has 0 unspecified atom stereocenters. The lowest BCUT2D eigenvalue weighted by Crippen LogP contribution is -2.01. The molecule has 0 radical (unpaired) electrons. The van der Waals surface area contributed by atoms with E-state index in [2.05, 4.69) is 5.16 Å². The summed E-state index contributed by atoms with van der Waals surface area (Å²) in [6.07, 6.45) is 0.285. The third-order valence-corrected chi connectivity index (χ3v) is 1.81. The predicted molar refractivity (Wildman–Crippen MR) is 51.7 cm³/mol. The summed E-state index contributed by atoms with van der Waals surface area (Å²) < 4.78 is 0. The van der Waals surface area contributed by atoms with Gasteiger partial charge in [-0.2, -0.15) is 0 Å². The molecule has 74 valence electrons. The van der Waals surface area contributed by atoms with E-state index in [0.717, 1.165) is 0 Å². The lowest BCUT2D eigenvalue weighted by Gasteiger charge is -2.00. The zero-order valence-corrected chi connectivity index (χ0v) is 7.67. The average Bonchev–Trinajstić information content (AvgIpc) is 2.18. The maximum Gasteiger partial charge on any atom is 0.272 e. The van der Waals surface area contributed by atoms with Crippen molar-refractivity contribution in [3.63, 3.8) is 0 Å². The zero-order chi connectivity index (χ0) is 10.6. The summed E-state index contributed by atoms with van der Waals surface area (Å²) in [6, 6.07) is 6.40. The van der Waals surface area contributed by atoms with E-state index in [-0.39, 0.29) is 12.1 Å². The molecule has 0 aliphatic rings. The first-order chi connectivity index (χ1) is 6.65. The van der Waals surface area contributed by atoms with Crippen molar-refractivity contribution in [2.45, 2.75) is 13.3 Å². The van der Waals surface area contributed by atoms with Gasteiger partial charge < -0.3 is 5.21 Å². The minimum atomic E-state index is -0.444. The van der Waals surface area contributed by atoms with Crippen molar-refractivity contribution < 1.29 is 10.1 Å². The van der Waals surface area contributed by atoms with Crippen molar-refractivity contribution in [1.82, 2.24) is 0 Å². The number of hydrogen-bond acceptors (Lipinski definition) is 4. The van der Waals surface area contributed by atoms with Gasteiger partial charge in [0.15, 0.2) is 0 Å². The van der Waals surface area contributed by atoms with E-state index in [9.17, 15) is 10.1 Å². The Hall–Kier alpha value is -1.91. The Labute approximate surface area is 80.8 Å². The monoisotopic (exact) mass is 194 g/mol. The molecule has 5 nitrogen and oxygen atoms in total. The fraction of sp³-hybridized carbons (Fsp3) is 0.222. The third-order valence-electron chi connectivity index (χ3n) is 1.81. The summed E-state index contributed by atoms with van der Waals surface area (Å²) in [6.45, 7) is 1.61. The van der Waals surface area contributed by atoms with Crippen molar-refractivity contribution in [1.29, 1.82) is 0 Å². The standard InChI is InChI=1S/C9H10N2O3/c1-7(10-12)6-8-4-2-3-5-9(8)11(13)14/h2-5,12H,6H2,1H3/b10-7-. The van der Waals surface area contributed by atoms with Crippen molar-refractivity contribution >= 4 is 11.4 Å². The van der Waals surface area contributed by atoms with Crippen molar-refractivity contribution in [2.75, 3.05) is 0 Å². The molecule has 0 saturated carbocycles. The first kappa shape index (κ1) is 10.2. The van der Waals surface area contributed by atoms with Gasteiger partial charge in [-0.3, -0.25) is 10.1 Å². The maximum atomic E-state index is 10.6. The first-order valence-electron chi connectivity index (χ1n) is 4.05. The van der Waals surface area contributed by atoms with E-state index in [4.69, 9.17) is 5.21 Å². The van der Waals surface area contributed by atoms with Crippen LogP contribution in [0, 0.1) is 10.1 Å². The highest BCUT2D eigenvalue weighted by Crippen LogP contribution is 2.18. The van der Waals surface area contributed by atoms with Crippen LogP contribution in [0.1, 0.15) is 12.5 Å². The number of nitro benzene ring substituents is 1. The van der Waals surface area contributed by atoms with Gasteiger partial charge in [-0.05, 0) is 6.92 Å². The highest BCUT2D eigenvalue weighted by Gasteiger charge is 2.12. The molecule has 0 aromatic heterocycles. The topological polar surface area (TPSA) is 75.7 Å². The molecule has 0 aliphatic heterocycles. The van der Waals surface area contributed by atoms with Crippen LogP contribution in [0.15, 0.2) is 29.4 Å². The Morgan fingerprint density at radius 3 is 2.79 bits per heavy atom. The van der Waals surface area contributed by atoms with Gasteiger partial charge in [0.05, 0.1) is 10.6 Å². The van der Waals surface area contributed by atoms with Crippen molar-refractivity contribution in [2.24, 2.45) is 5.16 Å². The van der Waals surface area contributed by atoms with Gasteiger partial charge in [0.25, 0.3) is 5.69 Å². The fourth-order valence-corrected chi connectivity index (χ4v) is 1.15. The Morgan fingerprint density at radius 2 is 2.21 bits per heavy atom. The molecule has 1 aromatic rings. The lowest BCUT2D eigenvalue weighted by atomic mass is 10.1. The molecule has 14 heavy (non-hydrogen) atoms. The molecule has 0 heterocycles. The molecule has 1 rings (SSSR count). The van der Waals surface area contributed by atoms with Crippen LogP contribution in [0.4, 0.5) is 5.69 Å². The quantitative estimate of drug-likeness (QED) is 0.346. The van der Waals surface area contributed by atoms with Crippen LogP contribution in [-0.2, 0) is 6.42 Å². The molecule has 0 saturated heterocycles. The van der Waals surface area contributed by atoms with Gasteiger partial charge in [-0.25, -0.2) is 0 Å². The molecule has 0 aliphatic carbocycles. The summed E-state index contributed by atoms with van der Waals surface area (Å²) in [5, 5.41) is 22.0. The maximum absolute atomic E-state index is 10.6. The van der Waals surface area contributed by atoms with Gasteiger partial charge in [-0.1, -0.05) is 23.4 Å². The second-order valence-electron chi connectivity index (χ2n) is 2.90. The van der Waals surface area contributed by atoms with Crippen molar-refractivity contribution in [3.8, 4) is 0 Å². The van der Waals surface area contributed by atoms with E-state index in [1.165, 1.54) is 6.07 Å². The summed E-state index contributed by atoms with van der Waals surface area (Å²) in [7, 11) is 0. The first-order valence-corrected chi connectivity index (χ1v) is 4.05. The molecular formula is C9H10N2O3. The summed E-state index contributed by atoms with van der Waals surface area (Å²) in [4.78, 5) is 10.2.